The molecule has 3 aromatic rings. The molecule has 0 atom stereocenters. The average molecular weight is 427 g/mol. The van der Waals surface area contributed by atoms with Crippen LogP contribution in [-0.2, 0) is 16.0 Å². The number of rotatable bonds is 4. The lowest BCUT2D eigenvalue weighted by Gasteiger charge is -2.17. The first-order chi connectivity index (χ1) is 13.0. The van der Waals surface area contributed by atoms with Crippen LogP contribution in [0.3, 0.4) is 0 Å². The number of thiophene rings is 1. The van der Waals surface area contributed by atoms with Crippen molar-refractivity contribution in [3.05, 3.63) is 53.0 Å². The smallest absolute Gasteiger partial charge is 0.434 e. The summed E-state index contributed by atoms with van der Waals surface area (Å²) in [5, 5.41) is 1.76. The van der Waals surface area contributed by atoms with E-state index >= 15 is 0 Å². The molecule has 0 amide bonds. The summed E-state index contributed by atoms with van der Waals surface area (Å²) >= 11 is 1.19. The van der Waals surface area contributed by atoms with E-state index in [0.717, 1.165) is 11.8 Å². The highest BCUT2D eigenvalue weighted by molar-refractivity contribution is 7.90. The van der Waals surface area contributed by atoms with E-state index in [2.05, 4.69) is 4.98 Å². The van der Waals surface area contributed by atoms with Gasteiger partial charge in [-0.25, -0.2) is 13.4 Å². The van der Waals surface area contributed by atoms with E-state index in [1.807, 2.05) is 0 Å². The first-order valence-electron chi connectivity index (χ1n) is 8.03. The van der Waals surface area contributed by atoms with Gasteiger partial charge in [0.05, 0.1) is 12.0 Å². The molecular formula is C19H16F3NO3S2. The Hall–Kier alpha value is -2.39. The van der Waals surface area contributed by atoms with E-state index in [4.69, 9.17) is 4.74 Å². The fraction of sp³-hybridized carbons (Fsp3) is 0.211. The van der Waals surface area contributed by atoms with Crippen molar-refractivity contribution in [2.45, 2.75) is 18.0 Å². The monoisotopic (exact) mass is 427 g/mol. The fourth-order valence-corrected chi connectivity index (χ4v) is 4.34. The van der Waals surface area contributed by atoms with Crippen LogP contribution in [0.25, 0.3) is 21.6 Å². The lowest BCUT2D eigenvalue weighted by atomic mass is 9.97. The topological polar surface area (TPSA) is 56.3 Å². The maximum atomic E-state index is 13.8. The zero-order chi connectivity index (χ0) is 20.7. The van der Waals surface area contributed by atoms with Crippen molar-refractivity contribution in [3.63, 3.8) is 0 Å². The van der Waals surface area contributed by atoms with E-state index in [9.17, 15) is 21.6 Å². The van der Waals surface area contributed by atoms with Crippen LogP contribution in [0.4, 0.5) is 13.2 Å². The fourth-order valence-electron chi connectivity index (χ4n) is 2.75. The number of aromatic nitrogens is 1. The number of hydrogen-bond acceptors (Lipinski definition) is 5. The average Bonchev–Trinajstić information content (AvgIpc) is 3.05. The molecule has 0 saturated heterocycles. The van der Waals surface area contributed by atoms with Crippen LogP contribution in [-0.4, -0.2) is 26.8 Å². The molecule has 0 unspecified atom stereocenters. The Morgan fingerprint density at radius 2 is 1.75 bits per heavy atom. The van der Waals surface area contributed by atoms with E-state index in [1.54, 1.807) is 18.4 Å². The number of aryl methyl sites for hydroxylation is 1. The van der Waals surface area contributed by atoms with E-state index in [1.165, 1.54) is 48.8 Å². The molecule has 4 nitrogen and oxygen atoms in total. The number of nitrogens with zero attached hydrogens (tertiary/aromatic N) is 1. The Morgan fingerprint density at radius 3 is 2.21 bits per heavy atom. The molecule has 0 N–H and O–H groups in total. The highest BCUT2D eigenvalue weighted by atomic mass is 32.2. The summed E-state index contributed by atoms with van der Waals surface area (Å²) in [5.41, 5.74) is 0.428. The molecule has 2 aromatic heterocycles. The van der Waals surface area contributed by atoms with Crippen LogP contribution in [0.1, 0.15) is 11.3 Å². The predicted octanol–water partition coefficient (Wildman–Crippen LogP) is 5.22. The Kier molecular flexibility index (Phi) is 5.24. The SMILES string of the molecule is COc1cc(-c2ccc(S(C)(=O)=O)cc2)c(-c2cc(C)cs2)c(C(F)(F)F)n1. The van der Waals surface area contributed by atoms with Crippen LogP contribution in [0.2, 0.25) is 0 Å². The van der Waals surface area contributed by atoms with Crippen LogP contribution in [0.15, 0.2) is 46.7 Å². The number of pyridine rings is 1. The zero-order valence-electron chi connectivity index (χ0n) is 15.2. The molecule has 1 aromatic carbocycles. The molecule has 148 valence electrons. The van der Waals surface area contributed by atoms with Crippen LogP contribution >= 0.6 is 11.3 Å². The lowest BCUT2D eigenvalue weighted by molar-refractivity contribution is -0.140. The van der Waals surface area contributed by atoms with Crippen LogP contribution in [0.5, 0.6) is 5.88 Å². The highest BCUT2D eigenvalue weighted by Gasteiger charge is 2.38. The van der Waals surface area contributed by atoms with Crippen molar-refractivity contribution < 1.29 is 26.3 Å². The Labute approximate surface area is 164 Å². The first kappa shape index (κ1) is 20.3. The van der Waals surface area contributed by atoms with Gasteiger partial charge in [0.1, 0.15) is 0 Å². The minimum absolute atomic E-state index is 0.0569. The molecule has 0 bridgehead atoms. The predicted molar refractivity (Wildman–Crippen MR) is 102 cm³/mol. The molecule has 9 heteroatoms. The van der Waals surface area contributed by atoms with Gasteiger partial charge in [-0.15, -0.1) is 11.3 Å². The van der Waals surface area contributed by atoms with Gasteiger partial charge in [0.15, 0.2) is 15.5 Å². The van der Waals surface area contributed by atoms with E-state index in [-0.39, 0.29) is 21.9 Å². The third kappa shape index (κ3) is 4.05. The Morgan fingerprint density at radius 1 is 1.11 bits per heavy atom. The molecule has 3 rings (SSSR count). The molecule has 0 aliphatic rings. The standard InChI is InChI=1S/C19H16F3NO3S2/c1-11-8-15(27-10-11)17-14(9-16(26-2)23-18(17)19(20,21)22)12-4-6-13(7-5-12)28(3,24)25/h4-10H,1-3H3. The summed E-state index contributed by atoms with van der Waals surface area (Å²) in [4.78, 5) is 4.16. The number of benzene rings is 1. The van der Waals surface area contributed by atoms with Gasteiger partial charge < -0.3 is 4.74 Å². The van der Waals surface area contributed by atoms with E-state index < -0.39 is 21.7 Å². The van der Waals surface area contributed by atoms with Gasteiger partial charge in [-0.2, -0.15) is 13.2 Å². The number of alkyl halides is 3. The number of methoxy groups -OCH3 is 1. The summed E-state index contributed by atoms with van der Waals surface area (Å²) in [6.07, 6.45) is -3.62. The van der Waals surface area contributed by atoms with Crippen LogP contribution < -0.4 is 4.74 Å². The van der Waals surface area contributed by atoms with Crippen molar-refractivity contribution in [2.24, 2.45) is 0 Å². The quantitative estimate of drug-likeness (QED) is 0.573. The maximum Gasteiger partial charge on any atom is 0.434 e. The van der Waals surface area contributed by atoms with Gasteiger partial charge in [-0.05, 0) is 47.2 Å². The van der Waals surface area contributed by atoms with Crippen molar-refractivity contribution in [3.8, 4) is 27.4 Å². The van der Waals surface area contributed by atoms with Gasteiger partial charge in [0.2, 0.25) is 5.88 Å². The third-order valence-corrected chi connectivity index (χ3v) is 6.24. The summed E-state index contributed by atoms with van der Waals surface area (Å²) in [7, 11) is -2.18. The van der Waals surface area contributed by atoms with Crippen molar-refractivity contribution in [2.75, 3.05) is 13.4 Å². The summed E-state index contributed by atoms with van der Waals surface area (Å²) < 4.78 is 69.7. The Bertz CT molecular complexity index is 1120. The lowest BCUT2D eigenvalue weighted by Crippen LogP contribution is -2.12. The molecular weight excluding hydrogens is 411 g/mol. The molecule has 2 heterocycles. The molecule has 0 fully saturated rings. The third-order valence-electron chi connectivity index (χ3n) is 4.04. The van der Waals surface area contributed by atoms with Crippen molar-refractivity contribution >= 4 is 21.2 Å². The highest BCUT2D eigenvalue weighted by Crippen LogP contribution is 2.45. The largest absolute Gasteiger partial charge is 0.481 e. The second-order valence-corrected chi connectivity index (χ2v) is 9.15. The number of ether oxygens (including phenoxy) is 1. The number of sulfone groups is 1. The van der Waals surface area contributed by atoms with Gasteiger partial charge in [0.25, 0.3) is 0 Å². The van der Waals surface area contributed by atoms with E-state index in [0.29, 0.717) is 10.4 Å². The summed E-state index contributed by atoms with van der Waals surface area (Å²) in [6.45, 7) is 1.80. The zero-order valence-corrected chi connectivity index (χ0v) is 16.8. The normalized spacial score (nSPS) is 12.2. The molecule has 0 aliphatic carbocycles. The van der Waals surface area contributed by atoms with Gasteiger partial charge in [0, 0.05) is 22.8 Å². The minimum Gasteiger partial charge on any atom is -0.481 e. The Balaban J connectivity index is 2.33. The minimum atomic E-state index is -4.69. The second-order valence-electron chi connectivity index (χ2n) is 6.22. The van der Waals surface area contributed by atoms with Gasteiger partial charge in [-0.1, -0.05) is 12.1 Å². The van der Waals surface area contributed by atoms with Crippen molar-refractivity contribution in [1.82, 2.24) is 4.98 Å². The maximum absolute atomic E-state index is 13.8. The molecule has 0 radical (unpaired) electrons. The van der Waals surface area contributed by atoms with Gasteiger partial charge in [-0.3, -0.25) is 0 Å². The molecule has 0 saturated carbocycles. The summed E-state index contributed by atoms with van der Waals surface area (Å²) in [6, 6.07) is 8.79. The van der Waals surface area contributed by atoms with Crippen LogP contribution in [0, 0.1) is 6.92 Å². The second kappa shape index (κ2) is 7.21. The number of halogens is 3. The molecule has 0 spiro atoms. The summed E-state index contributed by atoms with van der Waals surface area (Å²) in [5.74, 6) is -0.174. The molecule has 0 aliphatic heterocycles. The number of hydrogen-bond donors (Lipinski definition) is 0. The first-order valence-corrected chi connectivity index (χ1v) is 10.8. The van der Waals surface area contributed by atoms with Gasteiger partial charge >= 0.3 is 6.18 Å². The van der Waals surface area contributed by atoms with Crippen molar-refractivity contribution in [1.29, 1.82) is 0 Å². The molecule has 28 heavy (non-hydrogen) atoms.